The third-order valence-electron chi connectivity index (χ3n) is 2.81. The highest BCUT2D eigenvalue weighted by Gasteiger charge is 2.08. The first-order valence-electron chi connectivity index (χ1n) is 6.02. The summed E-state index contributed by atoms with van der Waals surface area (Å²) in [6, 6.07) is 11.5. The maximum absolute atomic E-state index is 6.00. The molecule has 0 spiro atoms. The summed E-state index contributed by atoms with van der Waals surface area (Å²) in [6.07, 6.45) is 0.772. The molecule has 2 aromatic carbocycles. The summed E-state index contributed by atoms with van der Waals surface area (Å²) >= 11 is 9.46. The Morgan fingerprint density at radius 3 is 2.68 bits per heavy atom. The normalized spacial score (nSPS) is 10.5. The number of halogens is 2. The van der Waals surface area contributed by atoms with Gasteiger partial charge in [0.1, 0.15) is 11.5 Å². The van der Waals surface area contributed by atoms with Crippen molar-refractivity contribution in [1.29, 1.82) is 0 Å². The smallest absolute Gasteiger partial charge is 0.131 e. The van der Waals surface area contributed by atoms with E-state index in [0.717, 1.165) is 33.5 Å². The molecule has 0 saturated heterocycles. The molecule has 0 fully saturated rings. The fourth-order valence-corrected chi connectivity index (χ4v) is 2.37. The molecule has 2 aromatic rings. The minimum absolute atomic E-state index is 0.585. The molecule has 0 unspecified atom stereocenters. The Morgan fingerprint density at radius 2 is 1.95 bits per heavy atom. The van der Waals surface area contributed by atoms with Gasteiger partial charge >= 0.3 is 0 Å². The minimum atomic E-state index is 0.585. The van der Waals surface area contributed by atoms with E-state index in [0.29, 0.717) is 11.6 Å². The van der Waals surface area contributed by atoms with Crippen LogP contribution < -0.4 is 10.5 Å². The number of hydrogen-bond donors (Lipinski definition) is 1. The van der Waals surface area contributed by atoms with E-state index in [1.165, 1.54) is 0 Å². The second kappa shape index (κ2) is 6.42. The van der Waals surface area contributed by atoms with Crippen LogP contribution in [0.15, 0.2) is 40.9 Å². The maximum atomic E-state index is 6.00. The Bertz CT molecular complexity index is 586. The molecule has 0 aliphatic carbocycles. The Hall–Kier alpha value is -1.03. The summed E-state index contributed by atoms with van der Waals surface area (Å²) in [5.41, 5.74) is 7.76. The molecule has 0 heterocycles. The minimum Gasteiger partial charge on any atom is -0.457 e. The van der Waals surface area contributed by atoms with Crippen LogP contribution in [-0.2, 0) is 6.42 Å². The molecule has 0 bridgehead atoms. The van der Waals surface area contributed by atoms with E-state index in [4.69, 9.17) is 22.1 Å². The monoisotopic (exact) mass is 339 g/mol. The van der Waals surface area contributed by atoms with Gasteiger partial charge in [0.25, 0.3) is 0 Å². The van der Waals surface area contributed by atoms with Gasteiger partial charge in [-0.2, -0.15) is 0 Å². The predicted octanol–water partition coefficient (Wildman–Crippen LogP) is 4.70. The molecule has 100 valence electrons. The summed E-state index contributed by atoms with van der Waals surface area (Å²) in [5, 5.41) is 0.665. The standard InChI is InChI=1S/C15H15BrClNO/c1-10-2-4-13(17)9-15(10)19-14-5-3-12(16)8-11(14)6-7-18/h2-5,8-9H,6-7,18H2,1H3. The fourth-order valence-electron chi connectivity index (χ4n) is 1.80. The van der Waals surface area contributed by atoms with Crippen molar-refractivity contribution in [2.45, 2.75) is 13.3 Å². The zero-order chi connectivity index (χ0) is 13.8. The van der Waals surface area contributed by atoms with Gasteiger partial charge in [-0.1, -0.05) is 33.6 Å². The second-order valence-corrected chi connectivity index (χ2v) is 5.65. The van der Waals surface area contributed by atoms with Gasteiger partial charge in [-0.25, -0.2) is 0 Å². The molecule has 2 rings (SSSR count). The molecule has 19 heavy (non-hydrogen) atoms. The van der Waals surface area contributed by atoms with Crippen LogP contribution in [0.1, 0.15) is 11.1 Å². The zero-order valence-corrected chi connectivity index (χ0v) is 13.0. The lowest BCUT2D eigenvalue weighted by atomic mass is 10.1. The molecular weight excluding hydrogens is 326 g/mol. The SMILES string of the molecule is Cc1ccc(Cl)cc1Oc1ccc(Br)cc1CCN. The number of benzene rings is 2. The molecule has 0 atom stereocenters. The summed E-state index contributed by atoms with van der Waals surface area (Å²) in [5.74, 6) is 1.59. The van der Waals surface area contributed by atoms with E-state index in [1.54, 1.807) is 0 Å². The van der Waals surface area contributed by atoms with Crippen LogP contribution in [-0.4, -0.2) is 6.54 Å². The number of ether oxygens (including phenoxy) is 1. The third-order valence-corrected chi connectivity index (χ3v) is 3.53. The highest BCUT2D eigenvalue weighted by molar-refractivity contribution is 9.10. The van der Waals surface area contributed by atoms with Crippen LogP contribution in [0.3, 0.4) is 0 Å². The van der Waals surface area contributed by atoms with Crippen LogP contribution in [0.4, 0.5) is 0 Å². The Morgan fingerprint density at radius 1 is 1.16 bits per heavy atom. The average molecular weight is 341 g/mol. The van der Waals surface area contributed by atoms with E-state index in [1.807, 2.05) is 43.3 Å². The van der Waals surface area contributed by atoms with Gasteiger partial charge in [-0.15, -0.1) is 0 Å². The quantitative estimate of drug-likeness (QED) is 0.875. The van der Waals surface area contributed by atoms with Crippen molar-refractivity contribution in [3.05, 3.63) is 57.0 Å². The predicted molar refractivity (Wildman–Crippen MR) is 83.2 cm³/mol. The molecule has 0 amide bonds. The van der Waals surface area contributed by atoms with Crippen molar-refractivity contribution in [3.8, 4) is 11.5 Å². The first-order valence-corrected chi connectivity index (χ1v) is 7.20. The lowest BCUT2D eigenvalue weighted by Gasteiger charge is -2.13. The van der Waals surface area contributed by atoms with Crippen LogP contribution >= 0.6 is 27.5 Å². The van der Waals surface area contributed by atoms with E-state index in [-0.39, 0.29) is 0 Å². The van der Waals surface area contributed by atoms with Crippen molar-refractivity contribution in [2.24, 2.45) is 5.73 Å². The van der Waals surface area contributed by atoms with Crippen LogP contribution in [0.2, 0.25) is 5.02 Å². The largest absolute Gasteiger partial charge is 0.457 e. The molecule has 0 aliphatic rings. The first-order chi connectivity index (χ1) is 9.10. The van der Waals surface area contributed by atoms with Gasteiger partial charge in [0, 0.05) is 9.50 Å². The van der Waals surface area contributed by atoms with Gasteiger partial charge < -0.3 is 10.5 Å². The van der Waals surface area contributed by atoms with Gasteiger partial charge in [0.15, 0.2) is 0 Å². The van der Waals surface area contributed by atoms with Crippen LogP contribution in [0.5, 0.6) is 11.5 Å². The molecule has 0 radical (unpaired) electrons. The second-order valence-electron chi connectivity index (χ2n) is 4.30. The summed E-state index contributed by atoms with van der Waals surface area (Å²) < 4.78 is 6.99. The van der Waals surface area contributed by atoms with Gasteiger partial charge in [-0.05, 0) is 61.3 Å². The number of rotatable bonds is 4. The average Bonchev–Trinajstić information content (AvgIpc) is 2.37. The van der Waals surface area contributed by atoms with Crippen molar-refractivity contribution in [3.63, 3.8) is 0 Å². The first kappa shape index (κ1) is 14.4. The lowest BCUT2D eigenvalue weighted by molar-refractivity contribution is 0.472. The molecule has 0 aliphatic heterocycles. The Balaban J connectivity index is 2.34. The zero-order valence-electron chi connectivity index (χ0n) is 10.6. The molecule has 0 aromatic heterocycles. The Labute approximate surface area is 126 Å². The summed E-state index contributed by atoms with van der Waals surface area (Å²) in [6.45, 7) is 2.58. The number of hydrogen-bond acceptors (Lipinski definition) is 2. The van der Waals surface area contributed by atoms with E-state index in [2.05, 4.69) is 15.9 Å². The van der Waals surface area contributed by atoms with Crippen LogP contribution in [0.25, 0.3) is 0 Å². The topological polar surface area (TPSA) is 35.2 Å². The maximum Gasteiger partial charge on any atom is 0.131 e. The molecule has 4 heteroatoms. The fraction of sp³-hybridized carbons (Fsp3) is 0.200. The van der Waals surface area contributed by atoms with E-state index >= 15 is 0 Å². The van der Waals surface area contributed by atoms with Crippen molar-refractivity contribution >= 4 is 27.5 Å². The summed E-state index contributed by atoms with van der Waals surface area (Å²) in [7, 11) is 0. The molecule has 0 saturated carbocycles. The Kier molecular flexibility index (Phi) is 4.86. The number of nitrogens with two attached hydrogens (primary N) is 1. The van der Waals surface area contributed by atoms with E-state index < -0.39 is 0 Å². The van der Waals surface area contributed by atoms with Gasteiger partial charge in [0.05, 0.1) is 0 Å². The molecular formula is C15H15BrClNO. The summed E-state index contributed by atoms with van der Waals surface area (Å²) in [4.78, 5) is 0. The van der Waals surface area contributed by atoms with Crippen molar-refractivity contribution in [2.75, 3.05) is 6.54 Å². The molecule has 2 nitrogen and oxygen atoms in total. The highest BCUT2D eigenvalue weighted by atomic mass is 79.9. The van der Waals surface area contributed by atoms with E-state index in [9.17, 15) is 0 Å². The van der Waals surface area contributed by atoms with Crippen molar-refractivity contribution < 1.29 is 4.74 Å². The van der Waals surface area contributed by atoms with Gasteiger partial charge in [-0.3, -0.25) is 0 Å². The number of aryl methyl sites for hydroxylation is 1. The lowest BCUT2D eigenvalue weighted by Crippen LogP contribution is -2.04. The highest BCUT2D eigenvalue weighted by Crippen LogP contribution is 2.31. The molecule has 2 N–H and O–H groups in total. The van der Waals surface area contributed by atoms with Gasteiger partial charge in [0.2, 0.25) is 0 Å². The van der Waals surface area contributed by atoms with Crippen LogP contribution in [0, 0.1) is 6.92 Å². The third kappa shape index (κ3) is 3.72. The van der Waals surface area contributed by atoms with Crippen molar-refractivity contribution in [1.82, 2.24) is 0 Å².